The van der Waals surface area contributed by atoms with Crippen LogP contribution in [-0.4, -0.2) is 19.9 Å². The number of benzene rings is 9. The summed E-state index contributed by atoms with van der Waals surface area (Å²) < 4.78 is 2.58. The molecule has 12 rings (SSSR count). The largest absolute Gasteiger partial charge is 0.246 e. The summed E-state index contributed by atoms with van der Waals surface area (Å²) >= 11 is 1.85. The third kappa shape index (κ3) is 6.05. The predicted octanol–water partition coefficient (Wildman–Crippen LogP) is 15.1. The van der Waals surface area contributed by atoms with Crippen molar-refractivity contribution in [1.82, 2.24) is 19.9 Å². The summed E-state index contributed by atoms with van der Waals surface area (Å²) in [5, 5.41) is 8.54. The zero-order valence-electron chi connectivity index (χ0n) is 32.8. The van der Waals surface area contributed by atoms with Crippen molar-refractivity contribution in [3.63, 3.8) is 0 Å². The van der Waals surface area contributed by atoms with Crippen molar-refractivity contribution >= 4 is 64.0 Å². The first kappa shape index (κ1) is 35.1. The van der Waals surface area contributed by atoms with Gasteiger partial charge in [-0.25, -0.2) is 19.9 Å². The lowest BCUT2D eigenvalue weighted by molar-refractivity contribution is 1.07. The van der Waals surface area contributed by atoms with Gasteiger partial charge in [0.25, 0.3) is 0 Å². The van der Waals surface area contributed by atoms with Crippen molar-refractivity contribution < 1.29 is 0 Å². The van der Waals surface area contributed by atoms with Gasteiger partial charge in [0.05, 0.1) is 11.2 Å². The van der Waals surface area contributed by atoms with Crippen molar-refractivity contribution in [3.8, 4) is 67.7 Å². The Kier molecular flexibility index (Phi) is 8.32. The van der Waals surface area contributed by atoms with E-state index in [-0.39, 0.29) is 0 Å². The molecule has 0 saturated heterocycles. The van der Waals surface area contributed by atoms with Crippen molar-refractivity contribution in [2.45, 2.75) is 0 Å². The summed E-state index contributed by atoms with van der Waals surface area (Å²) in [6.07, 6.45) is 0. The van der Waals surface area contributed by atoms with Gasteiger partial charge in [-0.15, -0.1) is 11.3 Å². The Labute approximate surface area is 356 Å². The molecule has 5 heteroatoms. The maximum absolute atomic E-state index is 5.62. The molecule has 0 aliphatic carbocycles. The summed E-state index contributed by atoms with van der Waals surface area (Å²) in [6, 6.07) is 72.8. The summed E-state index contributed by atoms with van der Waals surface area (Å²) in [5.41, 5.74) is 10.5. The molecule has 4 nitrogen and oxygen atoms in total. The van der Waals surface area contributed by atoms with E-state index in [2.05, 4.69) is 146 Å². The normalized spacial score (nSPS) is 11.6. The van der Waals surface area contributed by atoms with Crippen molar-refractivity contribution in [2.75, 3.05) is 0 Å². The molecular weight excluding hydrogens is 761 g/mol. The maximum atomic E-state index is 5.62. The van der Waals surface area contributed by atoms with Crippen LogP contribution in [0, 0.1) is 0 Å². The number of hydrogen-bond acceptors (Lipinski definition) is 5. The maximum Gasteiger partial charge on any atom is 0.164 e. The highest BCUT2D eigenvalue weighted by molar-refractivity contribution is 7.25. The third-order valence-corrected chi connectivity index (χ3v) is 12.9. The van der Waals surface area contributed by atoms with Crippen LogP contribution >= 0.6 is 11.3 Å². The number of rotatable bonds is 6. The quantitative estimate of drug-likeness (QED) is 0.157. The van der Waals surface area contributed by atoms with Crippen LogP contribution in [0.2, 0.25) is 0 Å². The van der Waals surface area contributed by atoms with Gasteiger partial charge in [-0.3, -0.25) is 0 Å². The Balaban J connectivity index is 0.967. The van der Waals surface area contributed by atoms with Gasteiger partial charge >= 0.3 is 0 Å². The molecule has 0 spiro atoms. The fourth-order valence-electron chi connectivity index (χ4n) is 8.80. The zero-order chi connectivity index (χ0) is 40.3. The van der Waals surface area contributed by atoms with Crippen LogP contribution in [-0.2, 0) is 0 Å². The first-order valence-electron chi connectivity index (χ1n) is 20.5. The Morgan fingerprint density at radius 2 is 0.787 bits per heavy atom. The summed E-state index contributed by atoms with van der Waals surface area (Å²) in [4.78, 5) is 20.3. The Bertz CT molecular complexity index is 3560. The highest BCUT2D eigenvalue weighted by Gasteiger charge is 2.19. The molecule has 0 aliphatic heterocycles. The predicted molar refractivity (Wildman–Crippen MR) is 256 cm³/mol. The van der Waals surface area contributed by atoms with E-state index in [4.69, 9.17) is 19.9 Å². The number of nitrogens with zero attached hydrogens (tertiary/aromatic N) is 4. The minimum Gasteiger partial charge on any atom is -0.246 e. The van der Waals surface area contributed by atoms with E-state index < -0.39 is 0 Å². The van der Waals surface area contributed by atoms with E-state index in [0.717, 1.165) is 60.9 Å². The Morgan fingerprint density at radius 3 is 1.48 bits per heavy atom. The van der Waals surface area contributed by atoms with E-state index in [0.29, 0.717) is 17.5 Å². The van der Waals surface area contributed by atoms with E-state index in [1.54, 1.807) is 0 Å². The monoisotopic (exact) mass is 794 g/mol. The number of hydrogen-bond donors (Lipinski definition) is 0. The average Bonchev–Trinajstić information content (AvgIpc) is 3.73. The summed E-state index contributed by atoms with van der Waals surface area (Å²) in [5.74, 6) is 1.94. The van der Waals surface area contributed by atoms with E-state index >= 15 is 0 Å². The molecule has 0 unspecified atom stereocenters. The van der Waals surface area contributed by atoms with Crippen LogP contribution in [0.5, 0.6) is 0 Å². The van der Waals surface area contributed by atoms with E-state index in [1.165, 1.54) is 41.9 Å². The van der Waals surface area contributed by atoms with Gasteiger partial charge in [0.1, 0.15) is 0 Å². The number of aromatic nitrogens is 4. The lowest BCUT2D eigenvalue weighted by atomic mass is 9.91. The second-order valence-electron chi connectivity index (χ2n) is 15.3. The van der Waals surface area contributed by atoms with Crippen LogP contribution in [0.4, 0.5) is 0 Å². The van der Waals surface area contributed by atoms with Gasteiger partial charge < -0.3 is 0 Å². The van der Waals surface area contributed by atoms with Gasteiger partial charge in [-0.2, -0.15) is 0 Å². The smallest absolute Gasteiger partial charge is 0.164 e. The van der Waals surface area contributed by atoms with Crippen LogP contribution in [0.3, 0.4) is 0 Å². The van der Waals surface area contributed by atoms with E-state index in [9.17, 15) is 0 Å². The molecule has 0 radical (unpaired) electrons. The summed E-state index contributed by atoms with van der Waals surface area (Å²) in [6.45, 7) is 0. The molecule has 3 aromatic heterocycles. The number of para-hydroxylation sites is 1. The second kappa shape index (κ2) is 14.5. The van der Waals surface area contributed by atoms with Gasteiger partial charge in [-0.05, 0) is 39.6 Å². The van der Waals surface area contributed by atoms with Gasteiger partial charge in [0.2, 0.25) is 0 Å². The number of fused-ring (bicyclic) bond motifs is 8. The third-order valence-electron chi connectivity index (χ3n) is 11.7. The lowest BCUT2D eigenvalue weighted by Gasteiger charge is -2.16. The second-order valence-corrected chi connectivity index (χ2v) is 16.4. The van der Waals surface area contributed by atoms with Gasteiger partial charge in [0.15, 0.2) is 17.5 Å². The molecule has 0 N–H and O–H groups in total. The average molecular weight is 795 g/mol. The van der Waals surface area contributed by atoms with Crippen molar-refractivity contribution in [3.05, 3.63) is 206 Å². The molecule has 0 fully saturated rings. The zero-order valence-corrected chi connectivity index (χ0v) is 33.6. The number of pyridine rings is 1. The van der Waals surface area contributed by atoms with Gasteiger partial charge in [0, 0.05) is 64.1 Å². The standard InChI is InChI=1S/C56H34N4S/c1-3-14-39(15-4-1)54-58-55(40-16-5-2-6-17-40)60-56(59-54)41-31-27-36(28-32-41)35-25-29-38(30-26-35)52-47-34-33-37-13-7-8-18-42(37)50(47)46-22-11-21-44(53(46)57-52)43-20-12-24-49-51(43)45-19-9-10-23-48(45)61-49/h1-34H. The minimum absolute atomic E-state index is 0.638. The molecular formula is C56H34N4S. The highest BCUT2D eigenvalue weighted by Crippen LogP contribution is 2.44. The Hall–Kier alpha value is -7.86. The molecule has 284 valence electrons. The summed E-state index contributed by atoms with van der Waals surface area (Å²) in [7, 11) is 0. The molecule has 3 heterocycles. The molecule has 0 aliphatic rings. The SMILES string of the molecule is c1ccc(-c2nc(-c3ccccc3)nc(-c3ccc(-c4ccc(-c5nc6c(-c7cccc8sc9ccccc9c78)cccc6c6c5ccc5ccccc56)cc4)cc3)n2)cc1. The van der Waals surface area contributed by atoms with Gasteiger partial charge in [-0.1, -0.05) is 194 Å². The van der Waals surface area contributed by atoms with Crippen LogP contribution in [0.15, 0.2) is 206 Å². The van der Waals surface area contributed by atoms with E-state index in [1.807, 2.05) is 72.0 Å². The van der Waals surface area contributed by atoms with Crippen LogP contribution < -0.4 is 0 Å². The first-order chi connectivity index (χ1) is 30.2. The van der Waals surface area contributed by atoms with Crippen molar-refractivity contribution in [2.24, 2.45) is 0 Å². The molecule has 0 bridgehead atoms. The first-order valence-corrected chi connectivity index (χ1v) is 21.3. The van der Waals surface area contributed by atoms with Crippen molar-refractivity contribution in [1.29, 1.82) is 0 Å². The number of thiophene rings is 1. The minimum atomic E-state index is 0.638. The Morgan fingerprint density at radius 1 is 0.279 bits per heavy atom. The molecule has 0 amide bonds. The highest BCUT2D eigenvalue weighted by atomic mass is 32.1. The topological polar surface area (TPSA) is 51.6 Å². The molecule has 0 atom stereocenters. The molecule has 12 aromatic rings. The fourth-order valence-corrected chi connectivity index (χ4v) is 9.94. The molecule has 9 aromatic carbocycles. The fraction of sp³-hybridized carbons (Fsp3) is 0. The van der Waals surface area contributed by atoms with Crippen LogP contribution in [0.1, 0.15) is 0 Å². The molecule has 0 saturated carbocycles. The molecule has 61 heavy (non-hydrogen) atoms. The van der Waals surface area contributed by atoms with Crippen LogP contribution in [0.25, 0.3) is 120 Å². The lowest BCUT2D eigenvalue weighted by Crippen LogP contribution is -2.00.